The number of anilines is 1. The highest BCUT2D eigenvalue weighted by molar-refractivity contribution is 6.47. The van der Waals surface area contributed by atoms with Crippen molar-refractivity contribution in [3.63, 3.8) is 0 Å². The van der Waals surface area contributed by atoms with Crippen LogP contribution in [0.2, 0.25) is 5.02 Å². The number of Topliss-reactive ketones (excluding diaryl/α,β-unsaturated/α-hetero) is 1. The van der Waals surface area contributed by atoms with Crippen LogP contribution >= 0.6 is 11.6 Å². The summed E-state index contributed by atoms with van der Waals surface area (Å²) >= 11 is 6.34. The van der Waals surface area contributed by atoms with Crippen LogP contribution in [0.25, 0.3) is 10.9 Å². The van der Waals surface area contributed by atoms with Crippen LogP contribution in [-0.4, -0.2) is 74.4 Å². The van der Waals surface area contributed by atoms with Gasteiger partial charge in [-0.05, 0) is 24.3 Å². The molecule has 4 heterocycles. The Labute approximate surface area is 216 Å². The molecule has 4 aromatic rings. The third-order valence-electron chi connectivity index (χ3n) is 6.11. The van der Waals surface area contributed by atoms with Crippen molar-refractivity contribution in [2.75, 3.05) is 31.5 Å². The second-order valence-corrected chi connectivity index (χ2v) is 8.79. The summed E-state index contributed by atoms with van der Waals surface area (Å²) in [6.07, 6.45) is 5.69. The molecule has 2 N–H and O–H groups in total. The topological polar surface area (TPSA) is 128 Å². The Morgan fingerprint density at radius 3 is 2.35 bits per heavy atom. The number of aromatic amines is 1. The molecule has 0 saturated carbocycles. The SMILES string of the molecule is O=C(Nc1cccnc1)c1ncc(Cl)c2c(C(=O)C(=O)N3CCN(C(=O)c4ccccc4)CC3)c[nH]c12. The van der Waals surface area contributed by atoms with Gasteiger partial charge >= 0.3 is 0 Å². The summed E-state index contributed by atoms with van der Waals surface area (Å²) in [5.41, 5.74) is 1.35. The molecule has 1 saturated heterocycles. The largest absolute Gasteiger partial charge is 0.358 e. The molecule has 0 spiro atoms. The van der Waals surface area contributed by atoms with Gasteiger partial charge in [-0.15, -0.1) is 0 Å². The van der Waals surface area contributed by atoms with Gasteiger partial charge < -0.3 is 20.1 Å². The second kappa shape index (κ2) is 10.2. The van der Waals surface area contributed by atoms with Gasteiger partial charge in [0.2, 0.25) is 0 Å². The van der Waals surface area contributed by atoms with Gasteiger partial charge in [-0.3, -0.25) is 24.2 Å². The number of rotatable bonds is 5. The van der Waals surface area contributed by atoms with Crippen LogP contribution < -0.4 is 5.32 Å². The number of H-pyrrole nitrogens is 1. The molecular weight excluding hydrogens is 496 g/mol. The number of carbonyl (C=O) groups excluding carboxylic acids is 4. The summed E-state index contributed by atoms with van der Waals surface area (Å²) in [7, 11) is 0. The quantitative estimate of drug-likeness (QED) is 0.310. The number of ketones is 1. The van der Waals surface area contributed by atoms with E-state index in [1.165, 1.54) is 23.5 Å². The van der Waals surface area contributed by atoms with Crippen molar-refractivity contribution in [1.29, 1.82) is 0 Å². The Bertz CT molecular complexity index is 1500. The van der Waals surface area contributed by atoms with Crippen LogP contribution in [0.1, 0.15) is 31.2 Å². The maximum Gasteiger partial charge on any atom is 0.295 e. The van der Waals surface area contributed by atoms with Crippen LogP contribution in [0.3, 0.4) is 0 Å². The molecule has 3 amide bonds. The molecule has 1 aromatic carbocycles. The molecule has 3 aromatic heterocycles. The summed E-state index contributed by atoms with van der Waals surface area (Å²) in [5, 5.41) is 3.06. The maximum atomic E-state index is 13.2. The zero-order valence-electron chi connectivity index (χ0n) is 19.5. The maximum absolute atomic E-state index is 13.2. The number of piperazine rings is 1. The highest BCUT2D eigenvalue weighted by atomic mass is 35.5. The van der Waals surface area contributed by atoms with E-state index in [4.69, 9.17) is 11.6 Å². The first-order valence-electron chi connectivity index (χ1n) is 11.5. The average molecular weight is 517 g/mol. The highest BCUT2D eigenvalue weighted by Crippen LogP contribution is 2.29. The minimum atomic E-state index is -0.763. The molecular formula is C26H21ClN6O4. The Morgan fingerprint density at radius 2 is 1.65 bits per heavy atom. The van der Waals surface area contributed by atoms with Crippen molar-refractivity contribution < 1.29 is 19.2 Å². The smallest absolute Gasteiger partial charge is 0.295 e. The molecule has 0 aliphatic carbocycles. The molecule has 186 valence electrons. The van der Waals surface area contributed by atoms with E-state index in [9.17, 15) is 19.2 Å². The standard InChI is InChI=1S/C26H21ClN6O4/c27-19-15-30-22(24(35)31-17-7-4-8-28-13-17)21-20(19)18(14-29-21)23(34)26(37)33-11-9-32(10-12-33)25(36)16-5-2-1-3-6-16/h1-8,13-15,29H,9-12H2,(H,31,35). The number of carbonyl (C=O) groups is 4. The number of hydrogen-bond donors (Lipinski definition) is 2. The molecule has 10 nitrogen and oxygen atoms in total. The number of nitrogens with one attached hydrogen (secondary N) is 2. The van der Waals surface area contributed by atoms with Crippen molar-refractivity contribution in [2.24, 2.45) is 0 Å². The van der Waals surface area contributed by atoms with Gasteiger partial charge in [0.05, 0.1) is 28.0 Å². The zero-order chi connectivity index (χ0) is 25.9. The molecule has 0 unspecified atom stereocenters. The fourth-order valence-corrected chi connectivity index (χ4v) is 4.47. The zero-order valence-corrected chi connectivity index (χ0v) is 20.2. The van der Waals surface area contributed by atoms with Crippen molar-refractivity contribution >= 4 is 51.7 Å². The molecule has 1 aliphatic heterocycles. The third-order valence-corrected chi connectivity index (χ3v) is 6.40. The number of pyridine rings is 2. The number of halogens is 1. The van der Waals surface area contributed by atoms with Crippen LogP contribution in [-0.2, 0) is 4.79 Å². The highest BCUT2D eigenvalue weighted by Gasteiger charge is 2.31. The van der Waals surface area contributed by atoms with Crippen molar-refractivity contribution in [3.05, 3.63) is 89.1 Å². The molecule has 5 rings (SSSR count). The van der Waals surface area contributed by atoms with Crippen molar-refractivity contribution in [3.8, 4) is 0 Å². The summed E-state index contributed by atoms with van der Waals surface area (Å²) in [5.74, 6) is -2.11. The normalized spacial score (nSPS) is 13.4. The number of fused-ring (bicyclic) bond motifs is 1. The summed E-state index contributed by atoms with van der Waals surface area (Å²) in [6.45, 7) is 1.06. The van der Waals surface area contributed by atoms with E-state index in [-0.39, 0.29) is 46.2 Å². The lowest BCUT2D eigenvalue weighted by Crippen LogP contribution is -2.52. The van der Waals surface area contributed by atoms with E-state index >= 15 is 0 Å². The fraction of sp³-hybridized carbons (Fsp3) is 0.154. The second-order valence-electron chi connectivity index (χ2n) is 8.38. The average Bonchev–Trinajstić information content (AvgIpc) is 3.39. The van der Waals surface area contributed by atoms with Crippen molar-refractivity contribution in [2.45, 2.75) is 0 Å². The van der Waals surface area contributed by atoms with Gasteiger partial charge in [0.15, 0.2) is 5.69 Å². The summed E-state index contributed by atoms with van der Waals surface area (Å²) in [6, 6.07) is 12.3. The van der Waals surface area contributed by atoms with Gasteiger partial charge in [-0.2, -0.15) is 0 Å². The predicted octanol–water partition coefficient (Wildman–Crippen LogP) is 3.03. The van der Waals surface area contributed by atoms with Gasteiger partial charge in [0.25, 0.3) is 23.5 Å². The van der Waals surface area contributed by atoms with Crippen LogP contribution in [0, 0.1) is 0 Å². The minimum absolute atomic E-state index is 0.0165. The molecule has 11 heteroatoms. The summed E-state index contributed by atoms with van der Waals surface area (Å²) in [4.78, 5) is 65.8. The minimum Gasteiger partial charge on any atom is -0.358 e. The van der Waals surface area contributed by atoms with Gasteiger partial charge in [-0.1, -0.05) is 29.8 Å². The lowest BCUT2D eigenvalue weighted by atomic mass is 10.1. The summed E-state index contributed by atoms with van der Waals surface area (Å²) < 4.78 is 0. The van der Waals surface area contributed by atoms with E-state index in [2.05, 4.69) is 20.3 Å². The van der Waals surface area contributed by atoms with E-state index < -0.39 is 17.6 Å². The predicted molar refractivity (Wildman–Crippen MR) is 137 cm³/mol. The number of nitrogens with zero attached hydrogens (tertiary/aromatic N) is 4. The van der Waals surface area contributed by atoms with Crippen molar-refractivity contribution in [1.82, 2.24) is 24.8 Å². The number of aromatic nitrogens is 3. The van der Waals surface area contributed by atoms with E-state index in [1.807, 2.05) is 6.07 Å². The van der Waals surface area contributed by atoms with Crippen LogP contribution in [0.4, 0.5) is 5.69 Å². The Balaban J connectivity index is 1.32. The molecule has 1 aliphatic rings. The first kappa shape index (κ1) is 24.1. The Morgan fingerprint density at radius 1 is 0.919 bits per heavy atom. The fourth-order valence-electron chi connectivity index (χ4n) is 4.22. The molecule has 0 radical (unpaired) electrons. The first-order valence-corrected chi connectivity index (χ1v) is 11.9. The molecule has 37 heavy (non-hydrogen) atoms. The number of hydrogen-bond acceptors (Lipinski definition) is 6. The number of benzene rings is 1. The molecule has 1 fully saturated rings. The van der Waals surface area contributed by atoms with Crippen LogP contribution in [0.15, 0.2) is 67.3 Å². The van der Waals surface area contributed by atoms with Gasteiger partial charge in [0.1, 0.15) is 0 Å². The monoisotopic (exact) mass is 516 g/mol. The van der Waals surface area contributed by atoms with E-state index in [1.54, 1.807) is 47.5 Å². The number of amides is 3. The lowest BCUT2D eigenvalue weighted by molar-refractivity contribution is -0.127. The van der Waals surface area contributed by atoms with Gasteiger partial charge in [0, 0.05) is 55.7 Å². The van der Waals surface area contributed by atoms with E-state index in [0.29, 0.717) is 24.3 Å². The van der Waals surface area contributed by atoms with Crippen LogP contribution in [0.5, 0.6) is 0 Å². The lowest BCUT2D eigenvalue weighted by Gasteiger charge is -2.34. The third kappa shape index (κ3) is 4.78. The Hall–Kier alpha value is -4.57. The Kier molecular flexibility index (Phi) is 6.65. The first-order chi connectivity index (χ1) is 17.9. The molecule has 0 bridgehead atoms. The van der Waals surface area contributed by atoms with E-state index in [0.717, 1.165) is 0 Å². The molecule has 0 atom stereocenters. The van der Waals surface area contributed by atoms with Gasteiger partial charge in [-0.25, -0.2) is 4.98 Å².